The van der Waals surface area contributed by atoms with Gasteiger partial charge in [-0.25, -0.2) is 4.79 Å². The van der Waals surface area contributed by atoms with E-state index in [-0.39, 0.29) is 23.3 Å². The normalized spacial score (nSPS) is 22.7. The fraction of sp³-hybridized carbons (Fsp3) is 0.560. The summed E-state index contributed by atoms with van der Waals surface area (Å²) in [7, 11) is 0. The van der Waals surface area contributed by atoms with Gasteiger partial charge in [0.2, 0.25) is 5.91 Å². The summed E-state index contributed by atoms with van der Waals surface area (Å²) < 4.78 is 5.47. The van der Waals surface area contributed by atoms with Crippen molar-refractivity contribution in [3.8, 4) is 0 Å². The summed E-state index contributed by atoms with van der Waals surface area (Å²) in [5.41, 5.74) is -0.117. The minimum atomic E-state index is -0.635. The van der Waals surface area contributed by atoms with Crippen LogP contribution in [0.15, 0.2) is 39.5 Å². The lowest BCUT2D eigenvalue weighted by Crippen LogP contribution is -2.59. The van der Waals surface area contributed by atoms with Crippen molar-refractivity contribution in [1.82, 2.24) is 15.1 Å². The van der Waals surface area contributed by atoms with Gasteiger partial charge in [0.1, 0.15) is 11.1 Å². The molecule has 3 heterocycles. The van der Waals surface area contributed by atoms with Gasteiger partial charge in [-0.05, 0) is 71.3 Å². The fourth-order valence-corrected chi connectivity index (χ4v) is 5.32. The molecule has 2 aliphatic heterocycles. The molecule has 1 amide bonds. The summed E-state index contributed by atoms with van der Waals surface area (Å²) in [6, 6.07) is 8.43. The molecule has 0 radical (unpaired) electrons. The van der Waals surface area contributed by atoms with E-state index in [0.717, 1.165) is 38.9 Å². The van der Waals surface area contributed by atoms with E-state index < -0.39 is 17.6 Å². The molecule has 2 atom stereocenters. The van der Waals surface area contributed by atoms with E-state index in [1.807, 2.05) is 26.0 Å². The fourth-order valence-electron chi connectivity index (χ4n) is 5.32. The molecule has 0 spiro atoms. The van der Waals surface area contributed by atoms with E-state index in [4.69, 9.17) is 4.42 Å². The molecule has 2 aliphatic rings. The smallest absolute Gasteiger partial charge is 0.347 e. The summed E-state index contributed by atoms with van der Waals surface area (Å²) in [4.78, 5) is 44.2. The second kappa shape index (κ2) is 9.96. The van der Waals surface area contributed by atoms with Gasteiger partial charge in [-0.1, -0.05) is 18.2 Å². The zero-order valence-electron chi connectivity index (χ0n) is 19.0. The molecule has 7 heteroatoms. The number of hydrogen-bond acceptors (Lipinski definition) is 6. The van der Waals surface area contributed by atoms with Crippen LogP contribution >= 0.6 is 0 Å². The number of likely N-dealkylation sites (tertiary alicyclic amines) is 1. The number of nitrogens with zero attached hydrogens (tertiary/aromatic N) is 2. The van der Waals surface area contributed by atoms with Gasteiger partial charge in [-0.2, -0.15) is 0 Å². The number of hydrogen-bond donors (Lipinski definition) is 1. The number of Topliss-reactive ketones (excluding diaryl/α,β-unsaturated/α-hetero) is 1. The molecule has 2 aromatic rings. The minimum Gasteiger partial charge on any atom is -0.422 e. The molecule has 1 aromatic heterocycles. The molecular formula is C25H33N3O4. The van der Waals surface area contributed by atoms with Crippen molar-refractivity contribution >= 4 is 22.7 Å². The van der Waals surface area contributed by atoms with E-state index in [2.05, 4.69) is 10.2 Å². The lowest BCUT2D eigenvalue weighted by atomic mass is 9.81. The Hall–Kier alpha value is -2.51. The number of carbonyl (C=O) groups is 2. The monoisotopic (exact) mass is 439 g/mol. The van der Waals surface area contributed by atoms with E-state index >= 15 is 0 Å². The molecule has 172 valence electrons. The molecule has 2 unspecified atom stereocenters. The maximum atomic E-state index is 13.9. The van der Waals surface area contributed by atoms with Crippen molar-refractivity contribution in [3.05, 3.63) is 46.3 Å². The molecule has 2 fully saturated rings. The van der Waals surface area contributed by atoms with Crippen LogP contribution < -0.4 is 10.9 Å². The average Bonchev–Trinajstić information content (AvgIpc) is 2.84. The van der Waals surface area contributed by atoms with Crippen molar-refractivity contribution < 1.29 is 14.0 Å². The first-order valence-corrected chi connectivity index (χ1v) is 11.9. The number of benzene rings is 1. The quantitative estimate of drug-likeness (QED) is 0.550. The van der Waals surface area contributed by atoms with E-state index in [0.29, 0.717) is 30.5 Å². The summed E-state index contributed by atoms with van der Waals surface area (Å²) in [6.07, 6.45) is 3.40. The molecule has 0 bridgehead atoms. The molecule has 7 nitrogen and oxygen atoms in total. The second-order valence-corrected chi connectivity index (χ2v) is 8.77. The number of piperidine rings is 2. The third-order valence-electron chi connectivity index (χ3n) is 7.02. The van der Waals surface area contributed by atoms with Crippen molar-refractivity contribution in [1.29, 1.82) is 0 Å². The lowest BCUT2D eigenvalue weighted by molar-refractivity contribution is -0.139. The molecule has 2 saturated heterocycles. The molecule has 1 aromatic carbocycles. The SMILES string of the molecule is CCN(CC)C(=O)C1CCCN(C2CCNCC2)C1C(=O)c1cc2ccccc2oc1=O. The zero-order valence-corrected chi connectivity index (χ0v) is 19.0. The van der Waals surface area contributed by atoms with Crippen LogP contribution in [0.1, 0.15) is 49.9 Å². The standard InChI is InChI=1S/C25H33N3O4/c1-3-27(4-2)24(30)19-9-7-15-28(18-11-13-26-14-12-18)22(19)23(29)20-16-17-8-5-6-10-21(17)32-25(20)31/h5-6,8,10,16,18-19,22,26H,3-4,7,9,11-15H2,1-2H3. The number of carbonyl (C=O) groups excluding carboxylic acids is 2. The topological polar surface area (TPSA) is 82.9 Å². The van der Waals surface area contributed by atoms with Crippen LogP contribution in [-0.2, 0) is 4.79 Å². The Morgan fingerprint density at radius 3 is 2.56 bits per heavy atom. The summed E-state index contributed by atoms with van der Waals surface area (Å²) in [6.45, 7) is 7.70. The minimum absolute atomic E-state index is 0.0113. The molecule has 0 aliphatic carbocycles. The van der Waals surface area contributed by atoms with Crippen LogP contribution in [0.3, 0.4) is 0 Å². The van der Waals surface area contributed by atoms with Crippen LogP contribution in [-0.4, -0.2) is 66.3 Å². The van der Waals surface area contributed by atoms with Gasteiger partial charge in [-0.15, -0.1) is 0 Å². The Bertz CT molecular complexity index is 1020. The average molecular weight is 440 g/mol. The first-order chi connectivity index (χ1) is 15.5. The van der Waals surface area contributed by atoms with Gasteiger partial charge in [0.05, 0.1) is 12.0 Å². The predicted octanol–water partition coefficient (Wildman–Crippen LogP) is 2.68. The lowest BCUT2D eigenvalue weighted by Gasteiger charge is -2.46. The highest BCUT2D eigenvalue weighted by atomic mass is 16.4. The third-order valence-corrected chi connectivity index (χ3v) is 7.02. The number of para-hydroxylation sites is 1. The zero-order chi connectivity index (χ0) is 22.7. The van der Waals surface area contributed by atoms with Crippen LogP contribution in [0.2, 0.25) is 0 Å². The Balaban J connectivity index is 1.76. The maximum Gasteiger partial charge on any atom is 0.347 e. The van der Waals surface area contributed by atoms with Crippen molar-refractivity contribution in [2.45, 2.75) is 51.6 Å². The van der Waals surface area contributed by atoms with Gasteiger partial charge in [-0.3, -0.25) is 14.5 Å². The summed E-state index contributed by atoms with van der Waals surface area (Å²) in [5, 5.41) is 4.09. The van der Waals surface area contributed by atoms with Gasteiger partial charge in [0.25, 0.3) is 0 Å². The van der Waals surface area contributed by atoms with Crippen molar-refractivity contribution in [2.24, 2.45) is 5.92 Å². The molecule has 0 saturated carbocycles. The summed E-state index contributed by atoms with van der Waals surface area (Å²) in [5.74, 6) is -0.720. The van der Waals surface area contributed by atoms with Gasteiger partial charge in [0, 0.05) is 24.5 Å². The number of rotatable bonds is 6. The molecular weight excluding hydrogens is 406 g/mol. The van der Waals surface area contributed by atoms with Crippen LogP contribution in [0, 0.1) is 5.92 Å². The van der Waals surface area contributed by atoms with Gasteiger partial charge >= 0.3 is 5.63 Å². The summed E-state index contributed by atoms with van der Waals surface area (Å²) >= 11 is 0. The van der Waals surface area contributed by atoms with E-state index in [1.165, 1.54) is 0 Å². The second-order valence-electron chi connectivity index (χ2n) is 8.77. The molecule has 32 heavy (non-hydrogen) atoms. The predicted molar refractivity (Wildman–Crippen MR) is 124 cm³/mol. The third kappa shape index (κ3) is 4.36. The Kier molecular flexibility index (Phi) is 7.06. The highest BCUT2D eigenvalue weighted by Crippen LogP contribution is 2.32. The highest BCUT2D eigenvalue weighted by molar-refractivity contribution is 6.04. The first-order valence-electron chi connectivity index (χ1n) is 11.9. The first kappa shape index (κ1) is 22.7. The highest BCUT2D eigenvalue weighted by Gasteiger charge is 2.45. The number of nitrogens with one attached hydrogen (secondary N) is 1. The van der Waals surface area contributed by atoms with E-state index in [1.54, 1.807) is 23.1 Å². The van der Waals surface area contributed by atoms with Crippen molar-refractivity contribution in [3.63, 3.8) is 0 Å². The Labute approximate surface area is 188 Å². The van der Waals surface area contributed by atoms with E-state index in [9.17, 15) is 14.4 Å². The number of ketones is 1. The number of amides is 1. The molecule has 1 N–H and O–H groups in total. The van der Waals surface area contributed by atoms with Crippen LogP contribution in [0.25, 0.3) is 11.0 Å². The Morgan fingerprint density at radius 1 is 1.12 bits per heavy atom. The van der Waals surface area contributed by atoms with Crippen LogP contribution in [0.4, 0.5) is 0 Å². The molecule has 4 rings (SSSR count). The number of fused-ring (bicyclic) bond motifs is 1. The maximum absolute atomic E-state index is 13.9. The van der Waals surface area contributed by atoms with Gasteiger partial charge < -0.3 is 14.6 Å². The largest absolute Gasteiger partial charge is 0.422 e. The Morgan fingerprint density at radius 2 is 1.84 bits per heavy atom. The van der Waals surface area contributed by atoms with Crippen LogP contribution in [0.5, 0.6) is 0 Å². The van der Waals surface area contributed by atoms with Crippen molar-refractivity contribution in [2.75, 3.05) is 32.7 Å². The van der Waals surface area contributed by atoms with Gasteiger partial charge in [0.15, 0.2) is 5.78 Å².